The smallest absolute Gasteiger partial charge is 0.329 e. The van der Waals surface area contributed by atoms with Crippen molar-refractivity contribution in [2.24, 2.45) is 0 Å². The maximum absolute atomic E-state index is 12.4. The largest absolute Gasteiger partial charge is 0.480 e. The van der Waals surface area contributed by atoms with E-state index in [1.54, 1.807) is 0 Å². The first-order chi connectivity index (χ1) is 9.36. The van der Waals surface area contributed by atoms with E-state index < -0.39 is 22.3 Å². The summed E-state index contributed by atoms with van der Waals surface area (Å²) in [5.41, 5.74) is -1.07. The van der Waals surface area contributed by atoms with Gasteiger partial charge in [-0.15, -0.1) is 0 Å². The van der Waals surface area contributed by atoms with E-state index in [1.807, 2.05) is 0 Å². The Morgan fingerprint density at radius 2 is 2.20 bits per heavy atom. The van der Waals surface area contributed by atoms with Gasteiger partial charge in [0.15, 0.2) is 0 Å². The molecule has 0 spiro atoms. The number of nitro groups is 1. The van der Waals surface area contributed by atoms with Crippen molar-refractivity contribution in [2.75, 3.05) is 6.54 Å². The van der Waals surface area contributed by atoms with Gasteiger partial charge in [-0.05, 0) is 26.2 Å². The van der Waals surface area contributed by atoms with Crippen LogP contribution >= 0.6 is 11.3 Å². The Hall–Kier alpha value is -1.96. The van der Waals surface area contributed by atoms with Crippen LogP contribution in [0, 0.1) is 10.1 Å². The molecule has 2 heterocycles. The number of likely N-dealkylation sites (tertiary alicyclic amines) is 1. The Labute approximate surface area is 119 Å². The quantitative estimate of drug-likeness (QED) is 0.680. The molecular weight excluding hydrogens is 284 g/mol. The van der Waals surface area contributed by atoms with Crippen molar-refractivity contribution in [3.8, 4) is 0 Å². The normalized spacial score (nSPS) is 22.6. The van der Waals surface area contributed by atoms with E-state index in [1.165, 1.54) is 23.3 Å². The predicted molar refractivity (Wildman–Crippen MR) is 71.9 cm³/mol. The Balaban J connectivity index is 2.30. The highest BCUT2D eigenvalue weighted by Crippen LogP contribution is 2.31. The first-order valence-electron chi connectivity index (χ1n) is 6.14. The molecule has 20 heavy (non-hydrogen) atoms. The Kier molecular flexibility index (Phi) is 3.76. The van der Waals surface area contributed by atoms with Gasteiger partial charge in [0.2, 0.25) is 0 Å². The second kappa shape index (κ2) is 5.20. The molecule has 108 valence electrons. The number of carbonyl (C=O) groups excluding carboxylic acids is 1. The van der Waals surface area contributed by atoms with Crippen LogP contribution in [0.4, 0.5) is 5.00 Å². The number of amides is 1. The van der Waals surface area contributed by atoms with E-state index in [0.29, 0.717) is 13.0 Å². The first kappa shape index (κ1) is 14.4. The Morgan fingerprint density at radius 3 is 2.75 bits per heavy atom. The lowest BCUT2D eigenvalue weighted by Gasteiger charge is -2.41. The van der Waals surface area contributed by atoms with Gasteiger partial charge < -0.3 is 10.0 Å². The number of piperidine rings is 1. The van der Waals surface area contributed by atoms with E-state index in [4.69, 9.17) is 0 Å². The Bertz CT molecular complexity index is 570. The second-order valence-corrected chi connectivity index (χ2v) is 5.81. The predicted octanol–water partition coefficient (Wildman–Crippen LogP) is 2.13. The topological polar surface area (TPSA) is 101 Å². The lowest BCUT2D eigenvalue weighted by atomic mass is 9.88. The molecule has 1 aliphatic heterocycles. The molecule has 1 fully saturated rings. The van der Waals surface area contributed by atoms with Crippen LogP contribution in [0.2, 0.25) is 0 Å². The number of rotatable bonds is 3. The summed E-state index contributed by atoms with van der Waals surface area (Å²) < 4.78 is 0. The van der Waals surface area contributed by atoms with Crippen molar-refractivity contribution in [3.63, 3.8) is 0 Å². The molecule has 1 unspecified atom stereocenters. The minimum absolute atomic E-state index is 0.123. The van der Waals surface area contributed by atoms with Crippen molar-refractivity contribution in [2.45, 2.75) is 31.7 Å². The van der Waals surface area contributed by atoms with Crippen LogP contribution in [0.1, 0.15) is 36.5 Å². The van der Waals surface area contributed by atoms with E-state index in [-0.39, 0.29) is 10.6 Å². The van der Waals surface area contributed by atoms with Crippen LogP contribution in [-0.4, -0.2) is 38.9 Å². The molecule has 1 atom stereocenters. The number of carboxylic acids is 1. The number of hydrogen-bond donors (Lipinski definition) is 1. The molecule has 1 amide bonds. The van der Waals surface area contributed by atoms with E-state index >= 15 is 0 Å². The molecule has 1 aliphatic rings. The van der Waals surface area contributed by atoms with E-state index in [0.717, 1.165) is 24.2 Å². The average Bonchev–Trinajstić information content (AvgIpc) is 2.88. The summed E-state index contributed by atoms with van der Waals surface area (Å²) >= 11 is 0.865. The molecule has 1 aromatic rings. The zero-order chi connectivity index (χ0) is 14.9. The van der Waals surface area contributed by atoms with Gasteiger partial charge in [0.25, 0.3) is 5.91 Å². The maximum Gasteiger partial charge on any atom is 0.329 e. The van der Waals surface area contributed by atoms with Gasteiger partial charge in [-0.1, -0.05) is 11.3 Å². The van der Waals surface area contributed by atoms with E-state index in [9.17, 15) is 24.8 Å². The number of carboxylic acid groups (broad SMARTS) is 1. The van der Waals surface area contributed by atoms with Gasteiger partial charge in [0.1, 0.15) is 5.54 Å². The Morgan fingerprint density at radius 1 is 1.50 bits per heavy atom. The number of nitrogens with zero attached hydrogens (tertiary/aromatic N) is 2. The third kappa shape index (κ3) is 2.38. The molecule has 1 N–H and O–H groups in total. The summed E-state index contributed by atoms with van der Waals surface area (Å²) in [5, 5.41) is 21.3. The van der Waals surface area contributed by atoms with Gasteiger partial charge >= 0.3 is 11.0 Å². The van der Waals surface area contributed by atoms with Crippen molar-refractivity contribution in [3.05, 3.63) is 27.1 Å². The van der Waals surface area contributed by atoms with Gasteiger partial charge in [-0.25, -0.2) is 4.79 Å². The first-order valence-corrected chi connectivity index (χ1v) is 7.02. The molecule has 0 radical (unpaired) electrons. The van der Waals surface area contributed by atoms with Gasteiger partial charge in [-0.2, -0.15) is 0 Å². The highest BCUT2D eigenvalue weighted by Gasteiger charge is 2.44. The average molecular weight is 298 g/mol. The lowest BCUT2D eigenvalue weighted by Crippen LogP contribution is -2.57. The maximum atomic E-state index is 12.4. The molecule has 7 nitrogen and oxygen atoms in total. The fourth-order valence-electron chi connectivity index (χ4n) is 2.36. The minimum atomic E-state index is -1.24. The van der Waals surface area contributed by atoms with Crippen LogP contribution in [0.15, 0.2) is 11.4 Å². The number of aliphatic carboxylic acids is 1. The van der Waals surface area contributed by atoms with E-state index in [2.05, 4.69) is 0 Å². The third-order valence-electron chi connectivity index (χ3n) is 3.61. The fourth-order valence-corrected chi connectivity index (χ4v) is 3.06. The number of hydrogen-bond acceptors (Lipinski definition) is 5. The van der Waals surface area contributed by atoms with Crippen LogP contribution in [-0.2, 0) is 4.79 Å². The summed E-state index contributed by atoms with van der Waals surface area (Å²) in [4.78, 5) is 35.2. The van der Waals surface area contributed by atoms with Crippen LogP contribution in [0.5, 0.6) is 0 Å². The fraction of sp³-hybridized carbons (Fsp3) is 0.500. The molecule has 8 heteroatoms. The monoisotopic (exact) mass is 298 g/mol. The molecular formula is C12H14N2O5S. The lowest BCUT2D eigenvalue weighted by molar-refractivity contribution is -0.380. The summed E-state index contributed by atoms with van der Waals surface area (Å²) in [6.45, 7) is 1.87. The molecule has 2 rings (SSSR count). The zero-order valence-corrected chi connectivity index (χ0v) is 11.7. The minimum Gasteiger partial charge on any atom is -0.480 e. The molecule has 0 saturated carbocycles. The SMILES string of the molecule is CC1(C(=O)O)CCCCN1C(=O)c1csc([N+](=O)[O-])c1. The standard InChI is InChI=1S/C12H14N2O5S/c1-12(11(16)17)4-2-3-5-13(12)10(15)8-6-9(14(18)19)20-7-8/h6-7H,2-5H2,1H3,(H,16,17). The van der Waals surface area contributed by atoms with Crippen LogP contribution < -0.4 is 0 Å². The molecule has 1 aromatic heterocycles. The van der Waals surface area contributed by atoms with Crippen molar-refractivity contribution in [1.29, 1.82) is 0 Å². The third-order valence-corrected chi connectivity index (χ3v) is 4.49. The molecule has 1 saturated heterocycles. The van der Waals surface area contributed by atoms with Gasteiger partial charge in [-0.3, -0.25) is 14.9 Å². The summed E-state index contributed by atoms with van der Waals surface area (Å²) in [7, 11) is 0. The highest BCUT2D eigenvalue weighted by molar-refractivity contribution is 7.13. The molecule has 0 bridgehead atoms. The number of thiophene rings is 1. The van der Waals surface area contributed by atoms with Crippen LogP contribution in [0.3, 0.4) is 0 Å². The number of carbonyl (C=O) groups is 2. The molecule has 0 aromatic carbocycles. The zero-order valence-electron chi connectivity index (χ0n) is 10.9. The summed E-state index contributed by atoms with van der Waals surface area (Å²) in [6, 6.07) is 1.20. The second-order valence-electron chi connectivity index (χ2n) is 4.92. The van der Waals surface area contributed by atoms with Gasteiger partial charge in [0.05, 0.1) is 10.5 Å². The van der Waals surface area contributed by atoms with Crippen molar-refractivity contribution in [1.82, 2.24) is 4.90 Å². The van der Waals surface area contributed by atoms with Crippen LogP contribution in [0.25, 0.3) is 0 Å². The molecule has 0 aliphatic carbocycles. The highest BCUT2D eigenvalue weighted by atomic mass is 32.1. The van der Waals surface area contributed by atoms with Crippen molar-refractivity contribution >= 4 is 28.2 Å². The summed E-state index contributed by atoms with van der Waals surface area (Å²) in [5.74, 6) is -1.51. The summed E-state index contributed by atoms with van der Waals surface area (Å²) in [6.07, 6.45) is 1.87. The van der Waals surface area contributed by atoms with Crippen molar-refractivity contribution < 1.29 is 19.6 Å². The van der Waals surface area contributed by atoms with Gasteiger partial charge in [0, 0.05) is 18.0 Å².